The molecule has 1 aliphatic rings. The number of aliphatic carboxylic acids is 1. The second kappa shape index (κ2) is 5.02. The summed E-state index contributed by atoms with van der Waals surface area (Å²) in [6.07, 6.45) is 4.18. The van der Waals surface area contributed by atoms with Crippen molar-refractivity contribution in [2.75, 3.05) is 13.1 Å². The van der Waals surface area contributed by atoms with Crippen LogP contribution in [-0.4, -0.2) is 34.0 Å². The van der Waals surface area contributed by atoms with Crippen molar-refractivity contribution in [3.63, 3.8) is 0 Å². The maximum absolute atomic E-state index is 12.9. The molecule has 0 bridgehead atoms. The number of hydrogen-bond acceptors (Lipinski definition) is 3. The zero-order valence-electron chi connectivity index (χ0n) is 10.4. The fraction of sp³-hybridized carbons (Fsp3) is 0.538. The predicted octanol–water partition coefficient (Wildman–Crippen LogP) is 2.01. The van der Waals surface area contributed by atoms with E-state index in [1.54, 1.807) is 6.92 Å². The van der Waals surface area contributed by atoms with Crippen LogP contribution in [0.15, 0.2) is 18.3 Å². The Kier molecular flexibility index (Phi) is 3.61. The second-order valence-corrected chi connectivity index (χ2v) is 4.79. The van der Waals surface area contributed by atoms with Crippen LogP contribution in [0.25, 0.3) is 0 Å². The molecule has 1 aromatic rings. The first-order valence-electron chi connectivity index (χ1n) is 6.15. The summed E-state index contributed by atoms with van der Waals surface area (Å²) in [6.45, 7) is 3.12. The molecule has 1 atom stereocenters. The third kappa shape index (κ3) is 2.22. The third-order valence-corrected chi connectivity index (χ3v) is 3.63. The van der Waals surface area contributed by atoms with Crippen molar-refractivity contribution in [1.29, 1.82) is 0 Å². The highest BCUT2D eigenvalue weighted by molar-refractivity contribution is 5.79. The van der Waals surface area contributed by atoms with Crippen LogP contribution in [0.3, 0.4) is 0 Å². The van der Waals surface area contributed by atoms with E-state index in [1.807, 2.05) is 4.90 Å². The molecule has 0 aliphatic carbocycles. The number of hydrogen-bond donors (Lipinski definition) is 1. The number of nitrogens with zero attached hydrogens (tertiary/aromatic N) is 2. The predicted molar refractivity (Wildman–Crippen MR) is 64.6 cm³/mol. The van der Waals surface area contributed by atoms with E-state index in [0.717, 1.165) is 38.5 Å². The van der Waals surface area contributed by atoms with E-state index in [-0.39, 0.29) is 0 Å². The minimum atomic E-state index is -1.17. The van der Waals surface area contributed by atoms with Gasteiger partial charge in [0.15, 0.2) is 5.54 Å². The van der Waals surface area contributed by atoms with Gasteiger partial charge in [0.1, 0.15) is 5.82 Å². The summed E-state index contributed by atoms with van der Waals surface area (Å²) in [5, 5.41) is 9.53. The lowest BCUT2D eigenvalue weighted by molar-refractivity contribution is -0.152. The van der Waals surface area contributed by atoms with Gasteiger partial charge in [0.05, 0.1) is 11.9 Å². The summed E-state index contributed by atoms with van der Waals surface area (Å²) in [5.41, 5.74) is -0.785. The maximum Gasteiger partial charge on any atom is 0.330 e. The van der Waals surface area contributed by atoms with E-state index in [4.69, 9.17) is 0 Å². The largest absolute Gasteiger partial charge is 0.480 e. The summed E-state index contributed by atoms with van der Waals surface area (Å²) < 4.78 is 12.9. The van der Waals surface area contributed by atoms with Gasteiger partial charge >= 0.3 is 5.97 Å². The van der Waals surface area contributed by atoms with Gasteiger partial charge < -0.3 is 5.11 Å². The number of rotatable bonds is 3. The second-order valence-electron chi connectivity index (χ2n) is 4.79. The van der Waals surface area contributed by atoms with Crippen molar-refractivity contribution in [3.8, 4) is 0 Å². The van der Waals surface area contributed by atoms with Crippen molar-refractivity contribution in [2.45, 2.75) is 31.7 Å². The van der Waals surface area contributed by atoms with Gasteiger partial charge in [-0.25, -0.2) is 9.18 Å². The lowest BCUT2D eigenvalue weighted by Crippen LogP contribution is -2.52. The van der Waals surface area contributed by atoms with Crippen molar-refractivity contribution in [1.82, 2.24) is 9.88 Å². The molecule has 1 saturated heterocycles. The first-order valence-corrected chi connectivity index (χ1v) is 6.15. The highest BCUT2D eigenvalue weighted by Crippen LogP contribution is 2.30. The van der Waals surface area contributed by atoms with Crippen LogP contribution < -0.4 is 0 Å². The number of carboxylic acids is 1. The Hall–Kier alpha value is -1.49. The van der Waals surface area contributed by atoms with Gasteiger partial charge in [0, 0.05) is 0 Å². The van der Waals surface area contributed by atoms with Crippen LogP contribution in [0, 0.1) is 5.82 Å². The number of halogens is 1. The number of carboxylic acid groups (broad SMARTS) is 1. The summed E-state index contributed by atoms with van der Waals surface area (Å²) in [4.78, 5) is 17.5. The number of carbonyl (C=O) groups is 1. The molecular formula is C13H17FN2O2. The van der Waals surface area contributed by atoms with Crippen LogP contribution in [0.2, 0.25) is 0 Å². The van der Waals surface area contributed by atoms with Gasteiger partial charge in [-0.3, -0.25) is 9.88 Å². The summed E-state index contributed by atoms with van der Waals surface area (Å²) >= 11 is 0. The first kappa shape index (κ1) is 13.0. The normalized spacial score (nSPS) is 20.3. The molecule has 0 spiro atoms. The quantitative estimate of drug-likeness (QED) is 0.894. The zero-order chi connectivity index (χ0) is 13.2. The van der Waals surface area contributed by atoms with E-state index in [1.165, 1.54) is 12.1 Å². The van der Waals surface area contributed by atoms with Crippen LogP contribution in [0.1, 0.15) is 31.9 Å². The van der Waals surface area contributed by atoms with Crippen molar-refractivity contribution in [3.05, 3.63) is 29.8 Å². The molecule has 2 rings (SSSR count). The molecule has 0 saturated carbocycles. The minimum Gasteiger partial charge on any atom is -0.480 e. The molecule has 1 N–H and O–H groups in total. The Labute approximate surface area is 105 Å². The average molecular weight is 252 g/mol. The van der Waals surface area contributed by atoms with Gasteiger partial charge in [-0.15, -0.1) is 0 Å². The van der Waals surface area contributed by atoms with Gasteiger partial charge in [-0.1, -0.05) is 6.42 Å². The van der Waals surface area contributed by atoms with Crippen molar-refractivity contribution in [2.24, 2.45) is 0 Å². The van der Waals surface area contributed by atoms with E-state index >= 15 is 0 Å². The molecule has 1 aromatic heterocycles. The first-order chi connectivity index (χ1) is 8.55. The SMILES string of the molecule is CC(C(=O)O)(c1ccc(F)cn1)N1CCCCC1. The monoisotopic (exact) mass is 252 g/mol. The fourth-order valence-electron chi connectivity index (χ4n) is 2.41. The number of likely N-dealkylation sites (tertiary alicyclic amines) is 1. The standard InChI is InChI=1S/C13H17FN2O2/c1-13(12(17)18,16-7-3-2-4-8-16)11-6-5-10(14)9-15-11/h5-6,9H,2-4,7-8H2,1H3,(H,17,18). The number of piperidine rings is 1. The summed E-state index contributed by atoms with van der Waals surface area (Å²) in [7, 11) is 0. The summed E-state index contributed by atoms with van der Waals surface area (Å²) in [5.74, 6) is -1.39. The van der Waals surface area contributed by atoms with Crippen LogP contribution in [-0.2, 0) is 10.3 Å². The highest BCUT2D eigenvalue weighted by atomic mass is 19.1. The molecule has 5 heteroatoms. The van der Waals surface area contributed by atoms with Gasteiger partial charge in [-0.2, -0.15) is 0 Å². The minimum absolute atomic E-state index is 0.387. The molecule has 0 amide bonds. The zero-order valence-corrected chi connectivity index (χ0v) is 10.4. The van der Waals surface area contributed by atoms with Crippen LogP contribution in [0.4, 0.5) is 4.39 Å². The molecule has 4 nitrogen and oxygen atoms in total. The molecule has 18 heavy (non-hydrogen) atoms. The van der Waals surface area contributed by atoms with Crippen LogP contribution >= 0.6 is 0 Å². The third-order valence-electron chi connectivity index (χ3n) is 3.63. The lowest BCUT2D eigenvalue weighted by Gasteiger charge is -2.39. The van der Waals surface area contributed by atoms with E-state index < -0.39 is 17.3 Å². The number of aromatic nitrogens is 1. The summed E-state index contributed by atoms with van der Waals surface area (Å²) in [6, 6.07) is 2.71. The maximum atomic E-state index is 12.9. The van der Waals surface area contributed by atoms with Gasteiger partial charge in [0.25, 0.3) is 0 Å². The Bertz CT molecular complexity index is 429. The van der Waals surface area contributed by atoms with Gasteiger partial charge in [-0.05, 0) is 45.0 Å². The topological polar surface area (TPSA) is 53.4 Å². The highest BCUT2D eigenvalue weighted by Gasteiger charge is 2.42. The van der Waals surface area contributed by atoms with E-state index in [9.17, 15) is 14.3 Å². The van der Waals surface area contributed by atoms with E-state index in [2.05, 4.69) is 4.98 Å². The lowest BCUT2D eigenvalue weighted by atomic mass is 9.92. The molecule has 0 radical (unpaired) electrons. The molecule has 1 fully saturated rings. The average Bonchev–Trinajstić information content (AvgIpc) is 2.39. The number of pyridine rings is 1. The smallest absolute Gasteiger partial charge is 0.330 e. The Morgan fingerprint density at radius 2 is 2.06 bits per heavy atom. The van der Waals surface area contributed by atoms with Crippen molar-refractivity contribution >= 4 is 5.97 Å². The molecular weight excluding hydrogens is 235 g/mol. The van der Waals surface area contributed by atoms with Crippen molar-refractivity contribution < 1.29 is 14.3 Å². The Morgan fingerprint density at radius 1 is 1.39 bits per heavy atom. The fourth-order valence-corrected chi connectivity index (χ4v) is 2.41. The molecule has 1 aliphatic heterocycles. The van der Waals surface area contributed by atoms with E-state index in [0.29, 0.717) is 5.69 Å². The molecule has 1 unspecified atom stereocenters. The van der Waals surface area contributed by atoms with Crippen LogP contribution in [0.5, 0.6) is 0 Å². The Morgan fingerprint density at radius 3 is 2.56 bits per heavy atom. The Balaban J connectivity index is 2.36. The molecule has 98 valence electrons. The molecule has 2 heterocycles. The molecule has 0 aromatic carbocycles. The van der Waals surface area contributed by atoms with Gasteiger partial charge in [0.2, 0.25) is 0 Å².